The summed E-state index contributed by atoms with van der Waals surface area (Å²) in [6.07, 6.45) is 1.21. The van der Waals surface area contributed by atoms with Gasteiger partial charge < -0.3 is 15.3 Å². The van der Waals surface area contributed by atoms with Crippen LogP contribution in [0.1, 0.15) is 31.4 Å². The number of carboxylic acids is 1. The second kappa shape index (κ2) is 9.50. The molecule has 0 aliphatic heterocycles. The van der Waals surface area contributed by atoms with Crippen molar-refractivity contribution in [2.24, 2.45) is 0 Å². The molecular formula is C16H26N2O2. The van der Waals surface area contributed by atoms with Gasteiger partial charge in [0.2, 0.25) is 0 Å². The molecule has 0 bridgehead atoms. The minimum atomic E-state index is -0.779. The van der Waals surface area contributed by atoms with E-state index in [1.165, 1.54) is 0 Å². The molecule has 0 saturated heterocycles. The van der Waals surface area contributed by atoms with E-state index in [4.69, 9.17) is 5.11 Å². The highest BCUT2D eigenvalue weighted by Crippen LogP contribution is 2.09. The van der Waals surface area contributed by atoms with Crippen molar-refractivity contribution in [1.29, 1.82) is 0 Å². The van der Waals surface area contributed by atoms with Gasteiger partial charge in [-0.05, 0) is 43.7 Å². The van der Waals surface area contributed by atoms with E-state index in [1.54, 1.807) is 0 Å². The highest BCUT2D eigenvalue weighted by Gasteiger charge is 2.05. The van der Waals surface area contributed by atoms with E-state index in [0.29, 0.717) is 0 Å². The molecular weight excluding hydrogens is 252 g/mol. The average Bonchev–Trinajstić information content (AvgIpc) is 2.44. The van der Waals surface area contributed by atoms with Gasteiger partial charge in [-0.15, -0.1) is 0 Å². The summed E-state index contributed by atoms with van der Waals surface area (Å²) in [5, 5.41) is 12.3. The molecule has 0 unspecified atom stereocenters. The van der Waals surface area contributed by atoms with Crippen molar-refractivity contribution in [3.05, 3.63) is 35.4 Å². The van der Waals surface area contributed by atoms with Crippen LogP contribution in [0, 0.1) is 0 Å². The van der Waals surface area contributed by atoms with Gasteiger partial charge >= 0.3 is 5.97 Å². The van der Waals surface area contributed by atoms with Crippen LogP contribution in [-0.2, 0) is 17.8 Å². The van der Waals surface area contributed by atoms with Gasteiger partial charge in [0.1, 0.15) is 0 Å². The van der Waals surface area contributed by atoms with Crippen molar-refractivity contribution < 1.29 is 9.90 Å². The average molecular weight is 278 g/mol. The Balaban J connectivity index is 2.33. The SMILES string of the molecule is CCN(CC)CCCNCc1ccccc1CC(=O)O. The molecule has 1 rings (SSSR count). The summed E-state index contributed by atoms with van der Waals surface area (Å²) in [6.45, 7) is 9.35. The lowest BCUT2D eigenvalue weighted by Gasteiger charge is -2.17. The molecule has 0 aliphatic carbocycles. The molecule has 0 heterocycles. The molecule has 4 heteroatoms. The van der Waals surface area contributed by atoms with Gasteiger partial charge in [0.05, 0.1) is 6.42 Å². The minimum absolute atomic E-state index is 0.0945. The highest BCUT2D eigenvalue weighted by molar-refractivity contribution is 5.70. The number of carboxylic acid groups (broad SMARTS) is 1. The topological polar surface area (TPSA) is 52.6 Å². The lowest BCUT2D eigenvalue weighted by Crippen LogP contribution is -2.27. The summed E-state index contributed by atoms with van der Waals surface area (Å²) < 4.78 is 0. The van der Waals surface area contributed by atoms with Crippen molar-refractivity contribution >= 4 is 5.97 Å². The number of hydrogen-bond donors (Lipinski definition) is 2. The van der Waals surface area contributed by atoms with Gasteiger partial charge in [-0.25, -0.2) is 0 Å². The van der Waals surface area contributed by atoms with Gasteiger partial charge in [0.15, 0.2) is 0 Å². The molecule has 112 valence electrons. The highest BCUT2D eigenvalue weighted by atomic mass is 16.4. The number of nitrogens with zero attached hydrogens (tertiary/aromatic N) is 1. The van der Waals surface area contributed by atoms with Gasteiger partial charge in [0.25, 0.3) is 0 Å². The zero-order valence-corrected chi connectivity index (χ0v) is 12.6. The predicted octanol–water partition coefficient (Wildman–Crippen LogP) is 2.14. The van der Waals surface area contributed by atoms with Crippen LogP contribution in [0.4, 0.5) is 0 Å². The van der Waals surface area contributed by atoms with E-state index in [1.807, 2.05) is 24.3 Å². The summed E-state index contributed by atoms with van der Waals surface area (Å²) in [4.78, 5) is 13.2. The molecule has 20 heavy (non-hydrogen) atoms. The summed E-state index contributed by atoms with van der Waals surface area (Å²) >= 11 is 0. The fourth-order valence-electron chi connectivity index (χ4n) is 2.26. The van der Waals surface area contributed by atoms with Crippen molar-refractivity contribution in [2.45, 2.75) is 33.2 Å². The molecule has 4 nitrogen and oxygen atoms in total. The Bertz CT molecular complexity index is 403. The maximum Gasteiger partial charge on any atom is 0.307 e. The maximum atomic E-state index is 10.8. The first-order valence-electron chi connectivity index (χ1n) is 7.39. The first-order chi connectivity index (χ1) is 9.67. The van der Waals surface area contributed by atoms with Crippen LogP contribution in [0.25, 0.3) is 0 Å². The summed E-state index contributed by atoms with van der Waals surface area (Å²) in [7, 11) is 0. The Kier molecular flexibility index (Phi) is 7.92. The van der Waals surface area contributed by atoms with Gasteiger partial charge in [-0.3, -0.25) is 4.79 Å². The van der Waals surface area contributed by atoms with Crippen LogP contribution in [0.5, 0.6) is 0 Å². The number of hydrogen-bond acceptors (Lipinski definition) is 3. The number of benzene rings is 1. The van der Waals surface area contributed by atoms with Gasteiger partial charge in [-0.2, -0.15) is 0 Å². The third kappa shape index (κ3) is 6.17. The molecule has 2 N–H and O–H groups in total. The largest absolute Gasteiger partial charge is 0.481 e. The minimum Gasteiger partial charge on any atom is -0.481 e. The molecule has 0 aliphatic rings. The van der Waals surface area contributed by atoms with Crippen molar-refractivity contribution in [2.75, 3.05) is 26.2 Å². The van der Waals surface area contributed by atoms with Crippen LogP contribution < -0.4 is 5.32 Å². The Hall–Kier alpha value is -1.39. The van der Waals surface area contributed by atoms with Crippen molar-refractivity contribution in [1.82, 2.24) is 10.2 Å². The second-order valence-corrected chi connectivity index (χ2v) is 4.90. The van der Waals surface area contributed by atoms with E-state index in [0.717, 1.165) is 50.3 Å². The smallest absolute Gasteiger partial charge is 0.307 e. The Morgan fingerprint density at radius 3 is 2.45 bits per heavy atom. The molecule has 0 spiro atoms. The molecule has 0 amide bonds. The molecule has 0 aromatic heterocycles. The zero-order chi connectivity index (χ0) is 14.8. The molecule has 0 saturated carbocycles. The third-order valence-electron chi connectivity index (χ3n) is 3.50. The Labute approximate surface area is 121 Å². The normalized spacial score (nSPS) is 10.9. The number of rotatable bonds is 10. The number of nitrogens with one attached hydrogen (secondary N) is 1. The maximum absolute atomic E-state index is 10.8. The van der Waals surface area contributed by atoms with Crippen LogP contribution in [0.2, 0.25) is 0 Å². The van der Waals surface area contributed by atoms with Crippen LogP contribution >= 0.6 is 0 Å². The van der Waals surface area contributed by atoms with E-state index in [2.05, 4.69) is 24.1 Å². The van der Waals surface area contributed by atoms with E-state index in [-0.39, 0.29) is 6.42 Å². The van der Waals surface area contributed by atoms with Crippen LogP contribution in [-0.4, -0.2) is 42.2 Å². The van der Waals surface area contributed by atoms with E-state index in [9.17, 15) is 4.79 Å². The van der Waals surface area contributed by atoms with Gasteiger partial charge in [0, 0.05) is 6.54 Å². The predicted molar refractivity (Wildman–Crippen MR) is 81.9 cm³/mol. The molecule has 0 radical (unpaired) electrons. The van der Waals surface area contributed by atoms with Crippen molar-refractivity contribution in [3.8, 4) is 0 Å². The van der Waals surface area contributed by atoms with E-state index < -0.39 is 5.97 Å². The monoisotopic (exact) mass is 278 g/mol. The molecule has 1 aromatic rings. The lowest BCUT2D eigenvalue weighted by atomic mass is 10.0. The third-order valence-corrected chi connectivity index (χ3v) is 3.50. The van der Waals surface area contributed by atoms with Crippen LogP contribution in [0.3, 0.4) is 0 Å². The lowest BCUT2D eigenvalue weighted by molar-refractivity contribution is -0.136. The second-order valence-electron chi connectivity index (χ2n) is 4.90. The van der Waals surface area contributed by atoms with E-state index >= 15 is 0 Å². The van der Waals surface area contributed by atoms with Crippen LogP contribution in [0.15, 0.2) is 24.3 Å². The number of aliphatic carboxylic acids is 1. The standard InChI is InChI=1S/C16H26N2O2/c1-3-18(4-2)11-7-10-17-13-15-9-6-5-8-14(15)12-16(19)20/h5-6,8-9,17H,3-4,7,10-13H2,1-2H3,(H,19,20). The molecule has 1 aromatic carbocycles. The zero-order valence-electron chi connectivity index (χ0n) is 12.6. The molecule has 0 fully saturated rings. The molecule has 0 atom stereocenters. The first-order valence-corrected chi connectivity index (χ1v) is 7.39. The summed E-state index contributed by atoms with van der Waals surface area (Å²) in [6, 6.07) is 7.73. The fourth-order valence-corrected chi connectivity index (χ4v) is 2.26. The quantitative estimate of drug-likeness (QED) is 0.644. The Morgan fingerprint density at radius 2 is 1.85 bits per heavy atom. The fraction of sp³-hybridized carbons (Fsp3) is 0.562. The Morgan fingerprint density at radius 1 is 1.20 bits per heavy atom. The van der Waals surface area contributed by atoms with Crippen molar-refractivity contribution in [3.63, 3.8) is 0 Å². The van der Waals surface area contributed by atoms with Gasteiger partial charge in [-0.1, -0.05) is 38.1 Å². The first kappa shape index (κ1) is 16.7. The summed E-state index contributed by atoms with van der Waals surface area (Å²) in [5.41, 5.74) is 1.98. The summed E-state index contributed by atoms with van der Waals surface area (Å²) in [5.74, 6) is -0.779. The number of carbonyl (C=O) groups is 1.